The van der Waals surface area contributed by atoms with Gasteiger partial charge in [-0.1, -0.05) is 0 Å². The smallest absolute Gasteiger partial charge is 0.339 e. The van der Waals surface area contributed by atoms with Gasteiger partial charge in [0, 0.05) is 12.7 Å². The van der Waals surface area contributed by atoms with Gasteiger partial charge < -0.3 is 9.84 Å². The number of aromatic nitrogens is 2. The first-order valence-corrected chi connectivity index (χ1v) is 6.09. The van der Waals surface area contributed by atoms with Crippen LogP contribution in [0.25, 0.3) is 0 Å². The summed E-state index contributed by atoms with van der Waals surface area (Å²) < 4.78 is 5.43. The lowest BCUT2D eigenvalue weighted by Crippen LogP contribution is -2.25. The van der Waals surface area contributed by atoms with E-state index in [9.17, 15) is 4.79 Å². The molecule has 0 spiro atoms. The van der Waals surface area contributed by atoms with Crippen LogP contribution in [0.5, 0.6) is 6.01 Å². The molecule has 0 aromatic carbocycles. The fraction of sp³-hybridized carbons (Fsp3) is 0.583. The summed E-state index contributed by atoms with van der Waals surface area (Å²) in [6.07, 6.45) is 3.79. The summed E-state index contributed by atoms with van der Waals surface area (Å²) in [5.74, 6) is -1.02. The van der Waals surface area contributed by atoms with Crippen LogP contribution in [-0.4, -0.2) is 52.2 Å². The summed E-state index contributed by atoms with van der Waals surface area (Å²) in [5.41, 5.74) is 0.538. The highest BCUT2D eigenvalue weighted by molar-refractivity contribution is 5.88. The molecule has 1 aromatic heterocycles. The van der Waals surface area contributed by atoms with Gasteiger partial charge >= 0.3 is 12.0 Å². The van der Waals surface area contributed by atoms with Gasteiger partial charge in [-0.3, -0.25) is 4.90 Å². The third kappa shape index (κ3) is 3.16. The number of hydrogen-bond donors (Lipinski definition) is 1. The molecule has 0 radical (unpaired) electrons. The maximum absolute atomic E-state index is 10.8. The van der Waals surface area contributed by atoms with E-state index in [1.54, 1.807) is 6.92 Å². The molecule has 6 nitrogen and oxygen atoms in total. The Morgan fingerprint density at radius 1 is 1.50 bits per heavy atom. The van der Waals surface area contributed by atoms with Crippen molar-refractivity contribution in [2.75, 3.05) is 26.2 Å². The number of aromatic carboxylic acids is 1. The predicted molar refractivity (Wildman–Crippen MR) is 64.9 cm³/mol. The Bertz CT molecular complexity index is 431. The average Bonchev–Trinajstić information content (AvgIpc) is 2.81. The Labute approximate surface area is 106 Å². The largest absolute Gasteiger partial charge is 0.478 e. The van der Waals surface area contributed by atoms with Gasteiger partial charge in [-0.15, -0.1) is 0 Å². The van der Waals surface area contributed by atoms with Gasteiger partial charge in [0.15, 0.2) is 0 Å². The molecule has 2 heterocycles. The summed E-state index contributed by atoms with van der Waals surface area (Å²) >= 11 is 0. The third-order valence-electron chi connectivity index (χ3n) is 3.02. The van der Waals surface area contributed by atoms with Crippen molar-refractivity contribution in [2.45, 2.75) is 19.8 Å². The summed E-state index contributed by atoms with van der Waals surface area (Å²) in [6, 6.07) is 0.247. The summed E-state index contributed by atoms with van der Waals surface area (Å²) in [7, 11) is 0. The normalized spacial score (nSPS) is 15.8. The van der Waals surface area contributed by atoms with E-state index in [0.717, 1.165) is 19.6 Å². The minimum Gasteiger partial charge on any atom is -0.478 e. The monoisotopic (exact) mass is 251 g/mol. The van der Waals surface area contributed by atoms with Gasteiger partial charge in [0.2, 0.25) is 0 Å². The highest BCUT2D eigenvalue weighted by Crippen LogP contribution is 2.10. The van der Waals surface area contributed by atoms with Crippen LogP contribution in [0.15, 0.2) is 6.20 Å². The van der Waals surface area contributed by atoms with E-state index in [1.807, 2.05) is 0 Å². The molecular weight excluding hydrogens is 234 g/mol. The number of likely N-dealkylation sites (tertiary alicyclic amines) is 1. The highest BCUT2D eigenvalue weighted by atomic mass is 16.5. The van der Waals surface area contributed by atoms with E-state index >= 15 is 0 Å². The molecule has 98 valence electrons. The van der Waals surface area contributed by atoms with E-state index in [2.05, 4.69) is 14.9 Å². The second-order valence-electron chi connectivity index (χ2n) is 4.35. The lowest BCUT2D eigenvalue weighted by atomic mass is 10.2. The number of carbonyl (C=O) groups is 1. The molecule has 1 saturated heterocycles. The van der Waals surface area contributed by atoms with E-state index < -0.39 is 5.97 Å². The van der Waals surface area contributed by atoms with Crippen molar-refractivity contribution >= 4 is 5.97 Å². The van der Waals surface area contributed by atoms with Gasteiger partial charge in [-0.2, -0.15) is 4.98 Å². The number of ether oxygens (including phenoxy) is 1. The summed E-state index contributed by atoms with van der Waals surface area (Å²) in [5, 5.41) is 8.85. The fourth-order valence-corrected chi connectivity index (χ4v) is 2.00. The van der Waals surface area contributed by atoms with Gasteiger partial charge in [-0.05, 0) is 32.9 Å². The Kier molecular flexibility index (Phi) is 4.09. The SMILES string of the molecule is Cc1nc(OCCN2CCCC2)ncc1C(=O)O. The molecule has 18 heavy (non-hydrogen) atoms. The summed E-state index contributed by atoms with van der Waals surface area (Å²) in [4.78, 5) is 21.0. The van der Waals surface area contributed by atoms with Crippen LogP contribution in [0.4, 0.5) is 0 Å². The zero-order valence-electron chi connectivity index (χ0n) is 10.4. The molecule has 0 aliphatic carbocycles. The molecule has 0 amide bonds. The minimum absolute atomic E-state index is 0.113. The van der Waals surface area contributed by atoms with Crippen LogP contribution in [0, 0.1) is 6.92 Å². The van der Waals surface area contributed by atoms with Crippen molar-refractivity contribution in [1.82, 2.24) is 14.9 Å². The van der Waals surface area contributed by atoms with Crippen molar-refractivity contribution in [3.05, 3.63) is 17.5 Å². The molecular formula is C12H17N3O3. The van der Waals surface area contributed by atoms with Crippen molar-refractivity contribution in [2.24, 2.45) is 0 Å². The van der Waals surface area contributed by atoms with Gasteiger partial charge in [0.1, 0.15) is 6.61 Å². The second kappa shape index (κ2) is 5.77. The van der Waals surface area contributed by atoms with Gasteiger partial charge in [0.25, 0.3) is 0 Å². The van der Waals surface area contributed by atoms with Gasteiger partial charge in [0.05, 0.1) is 11.3 Å². The Balaban J connectivity index is 1.85. The molecule has 1 aromatic rings. The lowest BCUT2D eigenvalue weighted by molar-refractivity contribution is 0.0695. The van der Waals surface area contributed by atoms with Crippen LogP contribution in [0.1, 0.15) is 28.9 Å². The van der Waals surface area contributed by atoms with Crippen LogP contribution in [0.3, 0.4) is 0 Å². The number of nitrogens with zero attached hydrogens (tertiary/aromatic N) is 3. The van der Waals surface area contributed by atoms with E-state index in [1.165, 1.54) is 19.0 Å². The van der Waals surface area contributed by atoms with E-state index in [4.69, 9.17) is 9.84 Å². The molecule has 1 N–H and O–H groups in total. The quantitative estimate of drug-likeness (QED) is 0.840. The number of hydrogen-bond acceptors (Lipinski definition) is 5. The maximum Gasteiger partial charge on any atom is 0.339 e. The van der Waals surface area contributed by atoms with Crippen molar-refractivity contribution in [1.29, 1.82) is 0 Å². The first-order chi connectivity index (χ1) is 8.66. The van der Waals surface area contributed by atoms with Crippen LogP contribution in [0.2, 0.25) is 0 Å². The first-order valence-electron chi connectivity index (χ1n) is 6.09. The van der Waals surface area contributed by atoms with Crippen molar-refractivity contribution in [3.8, 4) is 6.01 Å². The van der Waals surface area contributed by atoms with Crippen LogP contribution in [-0.2, 0) is 0 Å². The highest BCUT2D eigenvalue weighted by Gasteiger charge is 2.12. The first kappa shape index (κ1) is 12.8. The van der Waals surface area contributed by atoms with Crippen LogP contribution >= 0.6 is 0 Å². The number of carboxylic acids is 1. The zero-order chi connectivity index (χ0) is 13.0. The molecule has 6 heteroatoms. The average molecular weight is 251 g/mol. The third-order valence-corrected chi connectivity index (χ3v) is 3.02. The minimum atomic E-state index is -1.02. The molecule has 1 fully saturated rings. The Morgan fingerprint density at radius 3 is 2.83 bits per heavy atom. The molecule has 0 unspecified atom stereocenters. The zero-order valence-corrected chi connectivity index (χ0v) is 10.4. The molecule has 0 bridgehead atoms. The van der Waals surface area contributed by atoms with Crippen molar-refractivity contribution < 1.29 is 14.6 Å². The number of aryl methyl sites for hydroxylation is 1. The number of rotatable bonds is 5. The lowest BCUT2D eigenvalue weighted by Gasteiger charge is -2.14. The molecule has 0 saturated carbocycles. The molecule has 1 aliphatic heterocycles. The molecule has 2 rings (SSSR count). The van der Waals surface area contributed by atoms with Crippen molar-refractivity contribution in [3.63, 3.8) is 0 Å². The van der Waals surface area contributed by atoms with Crippen LogP contribution < -0.4 is 4.74 Å². The van der Waals surface area contributed by atoms with Gasteiger partial charge in [-0.25, -0.2) is 9.78 Å². The Morgan fingerprint density at radius 2 is 2.22 bits per heavy atom. The van der Waals surface area contributed by atoms with E-state index in [-0.39, 0.29) is 11.6 Å². The predicted octanol–water partition coefficient (Wildman–Crippen LogP) is 0.958. The second-order valence-corrected chi connectivity index (χ2v) is 4.35. The molecule has 1 aliphatic rings. The maximum atomic E-state index is 10.8. The number of carboxylic acid groups (broad SMARTS) is 1. The topological polar surface area (TPSA) is 75.5 Å². The standard InChI is InChI=1S/C12H17N3O3/c1-9-10(11(16)17)8-13-12(14-9)18-7-6-15-4-2-3-5-15/h8H,2-7H2,1H3,(H,16,17). The Hall–Kier alpha value is -1.69. The molecule has 0 atom stereocenters. The fourth-order valence-electron chi connectivity index (χ4n) is 2.00. The summed E-state index contributed by atoms with van der Waals surface area (Å²) in [6.45, 7) is 5.29. The van der Waals surface area contributed by atoms with E-state index in [0.29, 0.717) is 12.3 Å².